The van der Waals surface area contributed by atoms with E-state index in [9.17, 15) is 9.59 Å². The zero-order chi connectivity index (χ0) is 15.9. The van der Waals surface area contributed by atoms with E-state index in [2.05, 4.69) is 17.2 Å². The Morgan fingerprint density at radius 1 is 1.45 bits per heavy atom. The van der Waals surface area contributed by atoms with Gasteiger partial charge < -0.3 is 16.0 Å². The summed E-state index contributed by atoms with van der Waals surface area (Å²) in [6.07, 6.45) is 2.44. The number of hydrogen-bond donors (Lipinski definition) is 2. The number of hydrogen-bond acceptors (Lipinski definition) is 3. The molecule has 2 rings (SSSR count). The molecule has 0 atom stereocenters. The fourth-order valence-corrected chi connectivity index (χ4v) is 2.46. The van der Waals surface area contributed by atoms with Gasteiger partial charge >= 0.3 is 0 Å². The number of piperidine rings is 1. The largest absolute Gasteiger partial charge is 0.349 e. The van der Waals surface area contributed by atoms with E-state index in [1.165, 1.54) is 0 Å². The SMILES string of the molecule is Cc1ccc(C(=O)NC2CCN(C=O)CC2)cc1C#CCN. The van der Waals surface area contributed by atoms with Gasteiger partial charge in [-0.25, -0.2) is 0 Å². The van der Waals surface area contributed by atoms with Crippen LogP contribution in [0.25, 0.3) is 0 Å². The molecule has 1 aliphatic rings. The van der Waals surface area contributed by atoms with E-state index in [1.807, 2.05) is 13.0 Å². The molecule has 1 aliphatic heterocycles. The Balaban J connectivity index is 2.02. The Kier molecular flexibility index (Phi) is 5.56. The van der Waals surface area contributed by atoms with Crippen LogP contribution in [0.3, 0.4) is 0 Å². The lowest BCUT2D eigenvalue weighted by Gasteiger charge is -2.29. The number of carbonyl (C=O) groups is 2. The second kappa shape index (κ2) is 7.62. The maximum atomic E-state index is 12.3. The molecule has 0 unspecified atom stereocenters. The van der Waals surface area contributed by atoms with Gasteiger partial charge in [0.1, 0.15) is 0 Å². The van der Waals surface area contributed by atoms with Gasteiger partial charge in [0.15, 0.2) is 0 Å². The minimum absolute atomic E-state index is 0.0969. The van der Waals surface area contributed by atoms with Gasteiger partial charge in [0.25, 0.3) is 5.91 Å². The van der Waals surface area contributed by atoms with Crippen LogP contribution in [-0.2, 0) is 4.79 Å². The summed E-state index contributed by atoms with van der Waals surface area (Å²) < 4.78 is 0. The summed E-state index contributed by atoms with van der Waals surface area (Å²) in [5.74, 6) is 5.70. The molecular formula is C17H21N3O2. The lowest BCUT2D eigenvalue weighted by Crippen LogP contribution is -2.44. The quantitative estimate of drug-likeness (QED) is 0.636. The molecule has 0 aromatic heterocycles. The van der Waals surface area contributed by atoms with Gasteiger partial charge in [0, 0.05) is 30.3 Å². The van der Waals surface area contributed by atoms with E-state index in [1.54, 1.807) is 17.0 Å². The number of likely N-dealkylation sites (tertiary alicyclic amines) is 1. The van der Waals surface area contributed by atoms with Crippen molar-refractivity contribution in [2.75, 3.05) is 19.6 Å². The predicted octanol–water partition coefficient (Wildman–Crippen LogP) is 0.656. The molecule has 0 radical (unpaired) electrons. The maximum Gasteiger partial charge on any atom is 0.251 e. The van der Waals surface area contributed by atoms with Crippen LogP contribution in [-0.4, -0.2) is 42.9 Å². The Morgan fingerprint density at radius 2 is 2.18 bits per heavy atom. The van der Waals surface area contributed by atoms with Gasteiger partial charge in [-0.15, -0.1) is 0 Å². The van der Waals surface area contributed by atoms with E-state index in [0.29, 0.717) is 25.2 Å². The molecule has 116 valence electrons. The van der Waals surface area contributed by atoms with Gasteiger partial charge in [0.2, 0.25) is 6.41 Å². The number of amides is 2. The van der Waals surface area contributed by atoms with Crippen molar-refractivity contribution >= 4 is 12.3 Å². The van der Waals surface area contributed by atoms with Crippen LogP contribution in [0.1, 0.15) is 34.3 Å². The molecule has 0 aliphatic carbocycles. The van der Waals surface area contributed by atoms with E-state index < -0.39 is 0 Å². The molecule has 1 fully saturated rings. The molecule has 0 spiro atoms. The summed E-state index contributed by atoms with van der Waals surface area (Å²) in [5, 5.41) is 3.03. The molecule has 1 aromatic rings. The highest BCUT2D eigenvalue weighted by Gasteiger charge is 2.20. The highest BCUT2D eigenvalue weighted by atomic mass is 16.2. The monoisotopic (exact) mass is 299 g/mol. The predicted molar refractivity (Wildman–Crippen MR) is 85.2 cm³/mol. The Hall–Kier alpha value is -2.32. The van der Waals surface area contributed by atoms with Crippen LogP contribution < -0.4 is 11.1 Å². The molecule has 1 aromatic carbocycles. The Morgan fingerprint density at radius 3 is 2.82 bits per heavy atom. The third-order valence-electron chi connectivity index (χ3n) is 3.84. The number of nitrogens with two attached hydrogens (primary N) is 1. The van der Waals surface area contributed by atoms with E-state index in [4.69, 9.17) is 5.73 Å². The van der Waals surface area contributed by atoms with E-state index in [-0.39, 0.29) is 11.9 Å². The molecule has 22 heavy (non-hydrogen) atoms. The third-order valence-corrected chi connectivity index (χ3v) is 3.84. The van der Waals surface area contributed by atoms with Crippen molar-refractivity contribution in [3.05, 3.63) is 34.9 Å². The highest BCUT2D eigenvalue weighted by Crippen LogP contribution is 2.13. The van der Waals surface area contributed by atoms with Crippen molar-refractivity contribution in [1.82, 2.24) is 10.2 Å². The van der Waals surface area contributed by atoms with Crippen molar-refractivity contribution in [3.63, 3.8) is 0 Å². The topological polar surface area (TPSA) is 75.4 Å². The average Bonchev–Trinajstić information content (AvgIpc) is 2.54. The molecule has 2 amide bonds. The molecule has 3 N–H and O–H groups in total. The first-order chi connectivity index (χ1) is 10.6. The summed E-state index contributed by atoms with van der Waals surface area (Å²) in [7, 11) is 0. The normalized spacial score (nSPS) is 14.9. The average molecular weight is 299 g/mol. The van der Waals surface area contributed by atoms with Gasteiger partial charge in [-0.1, -0.05) is 17.9 Å². The van der Waals surface area contributed by atoms with Gasteiger partial charge in [0.05, 0.1) is 6.54 Å². The van der Waals surface area contributed by atoms with E-state index >= 15 is 0 Å². The first-order valence-corrected chi connectivity index (χ1v) is 7.44. The number of rotatable bonds is 3. The molecule has 5 nitrogen and oxygen atoms in total. The van der Waals surface area contributed by atoms with Crippen LogP contribution in [0.5, 0.6) is 0 Å². The minimum atomic E-state index is -0.0969. The second-order valence-electron chi connectivity index (χ2n) is 5.42. The van der Waals surface area contributed by atoms with Crippen molar-refractivity contribution in [1.29, 1.82) is 0 Å². The number of nitrogens with one attached hydrogen (secondary N) is 1. The second-order valence-corrected chi connectivity index (χ2v) is 5.42. The summed E-state index contributed by atoms with van der Waals surface area (Å²) in [4.78, 5) is 24.7. The summed E-state index contributed by atoms with van der Waals surface area (Å²) in [6.45, 7) is 3.63. The number of aryl methyl sites for hydroxylation is 1. The van der Waals surface area contributed by atoms with Crippen molar-refractivity contribution in [2.45, 2.75) is 25.8 Å². The van der Waals surface area contributed by atoms with Crippen LogP contribution in [0.4, 0.5) is 0 Å². The molecule has 0 bridgehead atoms. The number of carbonyl (C=O) groups excluding carboxylic acids is 2. The lowest BCUT2D eigenvalue weighted by atomic mass is 10.0. The third kappa shape index (κ3) is 4.09. The smallest absolute Gasteiger partial charge is 0.251 e. The van der Waals surface area contributed by atoms with Crippen LogP contribution in [0.2, 0.25) is 0 Å². The molecular weight excluding hydrogens is 278 g/mol. The fourth-order valence-electron chi connectivity index (χ4n) is 2.46. The van der Waals surface area contributed by atoms with Crippen LogP contribution >= 0.6 is 0 Å². The van der Waals surface area contributed by atoms with Gasteiger partial charge in [-0.3, -0.25) is 9.59 Å². The lowest BCUT2D eigenvalue weighted by molar-refractivity contribution is -0.119. The van der Waals surface area contributed by atoms with Crippen molar-refractivity contribution in [3.8, 4) is 11.8 Å². The summed E-state index contributed by atoms with van der Waals surface area (Å²) in [5.41, 5.74) is 7.84. The van der Waals surface area contributed by atoms with Crippen molar-refractivity contribution in [2.24, 2.45) is 5.73 Å². The molecule has 0 saturated carbocycles. The number of nitrogens with zero attached hydrogens (tertiary/aromatic N) is 1. The summed E-state index contributed by atoms with van der Waals surface area (Å²) >= 11 is 0. The maximum absolute atomic E-state index is 12.3. The van der Waals surface area contributed by atoms with Crippen molar-refractivity contribution < 1.29 is 9.59 Å². The van der Waals surface area contributed by atoms with Gasteiger partial charge in [-0.05, 0) is 37.5 Å². The minimum Gasteiger partial charge on any atom is -0.349 e. The zero-order valence-corrected chi connectivity index (χ0v) is 12.8. The summed E-state index contributed by atoms with van der Waals surface area (Å²) in [6, 6.07) is 5.61. The van der Waals surface area contributed by atoms with Crippen LogP contribution in [0, 0.1) is 18.8 Å². The van der Waals surface area contributed by atoms with E-state index in [0.717, 1.165) is 30.4 Å². The molecule has 1 heterocycles. The Labute approximate surface area is 130 Å². The first kappa shape index (κ1) is 16.1. The fraction of sp³-hybridized carbons (Fsp3) is 0.412. The zero-order valence-electron chi connectivity index (χ0n) is 12.8. The first-order valence-electron chi connectivity index (χ1n) is 7.44. The standard InChI is InChI=1S/C17H21N3O2/c1-13-4-5-15(11-14(13)3-2-8-18)17(22)19-16-6-9-20(12-21)10-7-16/h4-5,11-12,16H,6-10,18H2,1H3,(H,19,22). The number of benzene rings is 1. The van der Waals surface area contributed by atoms with Gasteiger partial charge in [-0.2, -0.15) is 0 Å². The van der Waals surface area contributed by atoms with Crippen LogP contribution in [0.15, 0.2) is 18.2 Å². The molecule has 1 saturated heterocycles. The Bertz CT molecular complexity index is 608. The molecule has 5 heteroatoms. The highest BCUT2D eigenvalue weighted by molar-refractivity contribution is 5.94.